The minimum absolute atomic E-state index is 0.00518. The van der Waals surface area contributed by atoms with Crippen LogP contribution in [0.5, 0.6) is 5.75 Å². The van der Waals surface area contributed by atoms with Crippen LogP contribution in [0.1, 0.15) is 92.1 Å². The van der Waals surface area contributed by atoms with E-state index in [2.05, 4.69) is 36.6 Å². The maximum atomic E-state index is 14.4. The van der Waals surface area contributed by atoms with Crippen molar-refractivity contribution in [2.45, 2.75) is 135 Å². The summed E-state index contributed by atoms with van der Waals surface area (Å²) in [7, 11) is 1.26. The molecule has 0 saturated carbocycles. The number of aliphatic hydroxyl groups is 1. The summed E-state index contributed by atoms with van der Waals surface area (Å²) >= 11 is 1.90. The molecule has 8 amide bonds. The molecule has 0 fully saturated rings. The topological polar surface area (TPSA) is 421 Å². The number of hydrogen-bond donors (Lipinski definition) is 13. The van der Waals surface area contributed by atoms with E-state index >= 15 is 0 Å². The van der Waals surface area contributed by atoms with Crippen molar-refractivity contribution in [3.63, 3.8) is 0 Å². The Morgan fingerprint density at radius 3 is 1.71 bits per heavy atom. The Balaban J connectivity index is 3.58. The van der Waals surface area contributed by atoms with E-state index in [4.69, 9.17) is 34.4 Å². The molecule has 25 heteroatoms. The molecule has 0 bridgehead atoms. The number of hydrogen-bond acceptors (Lipinski definition) is 12. The number of aliphatic hydroxyl groups excluding tert-OH is 1. The SMILES string of the molecule is CC(C)C[C@H](C)C(=O)N[C@H](C(=O)N[C@H](C(=O)N[C@@H](CCCN=C(N)N)C(=O)N[C@@H](CCC(N)=O)C(=O)N(C)[C@@H](CCCN=C(N)N)C(=O)N[C@@H](Cc1ccc(O)c(I)c1)C(N)=O)[C@@H](C)O)C(C)C. The van der Waals surface area contributed by atoms with Gasteiger partial charge in [-0.15, -0.1) is 0 Å². The lowest BCUT2D eigenvalue weighted by Crippen LogP contribution is -2.62. The third-order valence-corrected chi connectivity index (χ3v) is 11.5. The number of halogens is 1. The Hall–Kier alpha value is -5.99. The van der Waals surface area contributed by atoms with E-state index in [1.54, 1.807) is 32.9 Å². The second-order valence-corrected chi connectivity index (χ2v) is 18.6. The third kappa shape index (κ3) is 21.8. The highest BCUT2D eigenvalue weighted by Crippen LogP contribution is 2.21. The van der Waals surface area contributed by atoms with Gasteiger partial charge in [-0.25, -0.2) is 0 Å². The van der Waals surface area contributed by atoms with E-state index in [1.807, 2.05) is 36.4 Å². The van der Waals surface area contributed by atoms with Crippen LogP contribution in [0.3, 0.4) is 0 Å². The van der Waals surface area contributed by atoms with Crippen molar-refractivity contribution >= 4 is 81.8 Å². The molecule has 0 aromatic heterocycles. The number of guanidine groups is 2. The number of carbonyl (C=O) groups is 8. The van der Waals surface area contributed by atoms with Crippen LogP contribution >= 0.6 is 22.6 Å². The number of amides is 8. The number of rotatable bonds is 30. The summed E-state index contributed by atoms with van der Waals surface area (Å²) in [5.41, 5.74) is 33.6. The first-order chi connectivity index (χ1) is 31.7. The van der Waals surface area contributed by atoms with Crippen LogP contribution in [0.2, 0.25) is 0 Å². The largest absolute Gasteiger partial charge is 0.507 e. The highest BCUT2D eigenvalue weighted by molar-refractivity contribution is 14.1. The molecule has 0 heterocycles. The Kier molecular flexibility index (Phi) is 26.2. The predicted octanol–water partition coefficient (Wildman–Crippen LogP) is -2.63. The van der Waals surface area contributed by atoms with Gasteiger partial charge in [-0.3, -0.25) is 48.3 Å². The molecule has 19 N–H and O–H groups in total. The number of primary amides is 2. The summed E-state index contributed by atoms with van der Waals surface area (Å²) < 4.78 is 0.482. The lowest BCUT2D eigenvalue weighted by atomic mass is 9.96. The number of aromatic hydroxyl groups is 1. The standard InChI is InChI=1S/C43H73IN14O10/c1-21(2)18-23(5)36(63)56-33(22(3)4)39(66)57-34(24(6)59)40(67)53-27(10-8-16-51-42(47)48)37(64)54-28(13-15-32(45)61)41(68)58(7)30(11-9-17-52-43(49)50)38(65)55-29(35(46)62)20-25-12-14-31(60)26(44)19-25/h12,14,19,21-24,27-30,33-34,59-60H,8-11,13,15-18,20H2,1-7H3,(H2,45,61)(H2,46,62)(H,53,67)(H,54,64)(H,55,65)(H,56,63)(H,57,66)(H4,47,48,51)(H4,49,50,52)/t23-,24+,27-,28-,29-,30-,33-,34-/m0/s1. The first-order valence-corrected chi connectivity index (χ1v) is 23.4. The summed E-state index contributed by atoms with van der Waals surface area (Å²) in [6, 6.07) is -3.80. The Morgan fingerprint density at radius 1 is 0.676 bits per heavy atom. The molecule has 0 radical (unpaired) electrons. The molecule has 0 saturated heterocycles. The molecule has 8 atom stereocenters. The molecular formula is C43H73IN14O10. The van der Waals surface area contributed by atoms with Gasteiger partial charge in [-0.1, -0.05) is 40.7 Å². The minimum Gasteiger partial charge on any atom is -0.507 e. The molecule has 0 spiro atoms. The van der Waals surface area contributed by atoms with Gasteiger partial charge in [0.2, 0.25) is 47.3 Å². The average molecular weight is 1070 g/mol. The number of phenols is 1. The zero-order chi connectivity index (χ0) is 52.0. The van der Waals surface area contributed by atoms with Gasteiger partial charge in [0, 0.05) is 38.9 Å². The number of aliphatic imine (C=N–C) groups is 2. The molecular weight excluding hydrogens is 999 g/mol. The quantitative estimate of drug-likeness (QED) is 0.0162. The zero-order valence-corrected chi connectivity index (χ0v) is 42.1. The van der Waals surface area contributed by atoms with E-state index in [9.17, 15) is 48.6 Å². The number of benzene rings is 1. The van der Waals surface area contributed by atoms with Crippen LogP contribution in [0.4, 0.5) is 0 Å². The number of phenolic OH excluding ortho intramolecular Hbond substituents is 1. The zero-order valence-electron chi connectivity index (χ0n) is 39.9. The van der Waals surface area contributed by atoms with Crippen LogP contribution in [0, 0.1) is 21.3 Å². The Labute approximate surface area is 410 Å². The van der Waals surface area contributed by atoms with Crippen molar-refractivity contribution in [3.05, 3.63) is 27.3 Å². The van der Waals surface area contributed by atoms with Gasteiger partial charge in [-0.05, 0) is 97.6 Å². The molecule has 1 aromatic carbocycles. The summed E-state index contributed by atoms with van der Waals surface area (Å²) in [6.07, 6.45) is -1.78. The van der Waals surface area contributed by atoms with Crippen molar-refractivity contribution in [3.8, 4) is 5.75 Å². The highest BCUT2D eigenvalue weighted by Gasteiger charge is 2.37. The van der Waals surface area contributed by atoms with Gasteiger partial charge >= 0.3 is 0 Å². The average Bonchev–Trinajstić information content (AvgIpc) is 3.23. The molecule has 382 valence electrons. The number of nitrogens with zero attached hydrogens (tertiary/aromatic N) is 3. The van der Waals surface area contributed by atoms with Crippen molar-refractivity contribution in [1.29, 1.82) is 0 Å². The van der Waals surface area contributed by atoms with Gasteiger partial charge in [0.25, 0.3) is 0 Å². The molecule has 1 rings (SSSR count). The second-order valence-electron chi connectivity index (χ2n) is 17.4. The van der Waals surface area contributed by atoms with Crippen LogP contribution in [-0.4, -0.2) is 137 Å². The molecule has 0 aliphatic heterocycles. The minimum atomic E-state index is -1.64. The predicted molar refractivity (Wildman–Crippen MR) is 263 cm³/mol. The van der Waals surface area contributed by atoms with Gasteiger partial charge in [0.1, 0.15) is 42.0 Å². The van der Waals surface area contributed by atoms with Crippen molar-refractivity contribution in [1.82, 2.24) is 31.5 Å². The van der Waals surface area contributed by atoms with Crippen molar-refractivity contribution in [2.24, 2.45) is 62.1 Å². The number of nitrogens with two attached hydrogens (primary N) is 6. The fourth-order valence-electron chi connectivity index (χ4n) is 6.94. The van der Waals surface area contributed by atoms with Crippen LogP contribution in [-0.2, 0) is 44.8 Å². The normalized spacial score (nSPS) is 14.6. The van der Waals surface area contributed by atoms with Crippen molar-refractivity contribution in [2.75, 3.05) is 20.1 Å². The van der Waals surface area contributed by atoms with Crippen LogP contribution < -0.4 is 61.0 Å². The third-order valence-electron chi connectivity index (χ3n) is 10.6. The van der Waals surface area contributed by atoms with Gasteiger partial charge in [-0.2, -0.15) is 0 Å². The van der Waals surface area contributed by atoms with E-state index < -0.39 is 102 Å². The summed E-state index contributed by atoms with van der Waals surface area (Å²) in [5.74, 6) is -7.63. The molecule has 68 heavy (non-hydrogen) atoms. The lowest BCUT2D eigenvalue weighted by molar-refractivity contribution is -0.143. The summed E-state index contributed by atoms with van der Waals surface area (Å²) in [5, 5.41) is 33.6. The van der Waals surface area contributed by atoms with Crippen molar-refractivity contribution < 1.29 is 48.6 Å². The molecule has 24 nitrogen and oxygen atoms in total. The van der Waals surface area contributed by atoms with E-state index in [1.165, 1.54) is 20.0 Å². The maximum absolute atomic E-state index is 14.4. The van der Waals surface area contributed by atoms with Crippen LogP contribution in [0.25, 0.3) is 0 Å². The summed E-state index contributed by atoms with van der Waals surface area (Å²) in [6.45, 7) is 10.3. The number of nitrogens with one attached hydrogen (secondary N) is 5. The molecule has 0 unspecified atom stereocenters. The van der Waals surface area contributed by atoms with E-state index in [-0.39, 0.29) is 81.1 Å². The maximum Gasteiger partial charge on any atom is 0.245 e. The Bertz CT molecular complexity index is 1960. The lowest BCUT2D eigenvalue weighted by Gasteiger charge is -2.32. The highest BCUT2D eigenvalue weighted by atomic mass is 127. The molecule has 0 aliphatic carbocycles. The summed E-state index contributed by atoms with van der Waals surface area (Å²) in [4.78, 5) is 117. The first-order valence-electron chi connectivity index (χ1n) is 22.3. The number of likely N-dealkylation sites (N-methyl/N-ethyl adjacent to an activating group) is 1. The number of carbonyl (C=O) groups excluding carboxylic acids is 8. The monoisotopic (exact) mass is 1070 g/mol. The smallest absolute Gasteiger partial charge is 0.245 e. The van der Waals surface area contributed by atoms with E-state index in [0.717, 1.165) is 4.90 Å². The van der Waals surface area contributed by atoms with Gasteiger partial charge in [0.05, 0.1) is 9.67 Å². The van der Waals surface area contributed by atoms with Crippen LogP contribution in [0.15, 0.2) is 28.2 Å². The first kappa shape index (κ1) is 60.0. The van der Waals surface area contributed by atoms with Gasteiger partial charge in [0.15, 0.2) is 11.9 Å². The molecule has 1 aromatic rings. The fourth-order valence-corrected chi connectivity index (χ4v) is 7.52. The molecule has 0 aliphatic rings. The second kappa shape index (κ2) is 29.7. The Morgan fingerprint density at radius 2 is 1.21 bits per heavy atom. The fraction of sp³-hybridized carbons (Fsp3) is 0.628. The van der Waals surface area contributed by atoms with E-state index in [0.29, 0.717) is 15.6 Å². The van der Waals surface area contributed by atoms with Gasteiger partial charge < -0.3 is 76.1 Å².